The molecule has 0 aliphatic heterocycles. The molecule has 17 heavy (non-hydrogen) atoms. The average Bonchev–Trinajstić information content (AvgIpc) is 2.69. The van der Waals surface area contributed by atoms with Gasteiger partial charge in [0.1, 0.15) is 5.82 Å². The summed E-state index contributed by atoms with van der Waals surface area (Å²) < 4.78 is 1.47. The van der Waals surface area contributed by atoms with Crippen molar-refractivity contribution in [2.24, 2.45) is 0 Å². The van der Waals surface area contributed by atoms with E-state index in [9.17, 15) is 4.79 Å². The van der Waals surface area contributed by atoms with E-state index >= 15 is 0 Å². The van der Waals surface area contributed by atoms with Crippen LogP contribution < -0.4 is 11.0 Å². The summed E-state index contributed by atoms with van der Waals surface area (Å²) in [6.45, 7) is 6.01. The number of nitrogens with zero attached hydrogens (tertiary/aromatic N) is 3. The third kappa shape index (κ3) is 1.95. The molecule has 0 saturated heterocycles. The van der Waals surface area contributed by atoms with E-state index in [2.05, 4.69) is 34.3 Å². The standard InChI is InChI=1S/C11H17N5O/c1-6(7(2)12-4)9-5-10-14-15-11(17)16(10)8(3)13-9/h5-7,12H,1-4H3,(H,15,17). The number of likely N-dealkylation sites (N-methyl/N-ethyl adjacent to an activating group) is 1. The van der Waals surface area contributed by atoms with Gasteiger partial charge >= 0.3 is 5.69 Å². The maximum atomic E-state index is 11.5. The highest BCUT2D eigenvalue weighted by atomic mass is 16.1. The van der Waals surface area contributed by atoms with Crippen molar-refractivity contribution in [2.45, 2.75) is 32.7 Å². The number of nitrogens with one attached hydrogen (secondary N) is 2. The molecule has 2 atom stereocenters. The topological polar surface area (TPSA) is 75.1 Å². The Morgan fingerprint density at radius 3 is 2.82 bits per heavy atom. The van der Waals surface area contributed by atoms with Crippen LogP contribution in [0.2, 0.25) is 0 Å². The molecular formula is C11H17N5O. The second-order valence-electron chi connectivity index (χ2n) is 4.32. The van der Waals surface area contributed by atoms with Gasteiger partial charge in [-0.15, -0.1) is 0 Å². The number of H-pyrrole nitrogens is 1. The van der Waals surface area contributed by atoms with Gasteiger partial charge in [-0.25, -0.2) is 19.3 Å². The molecular weight excluding hydrogens is 218 g/mol. The van der Waals surface area contributed by atoms with Crippen LogP contribution in [0.3, 0.4) is 0 Å². The predicted octanol–water partition coefficient (Wildman–Crippen LogP) is 0.437. The lowest BCUT2D eigenvalue weighted by atomic mass is 9.99. The minimum atomic E-state index is -0.245. The maximum absolute atomic E-state index is 11.5. The van der Waals surface area contributed by atoms with Gasteiger partial charge in [-0.2, -0.15) is 5.10 Å². The lowest BCUT2D eigenvalue weighted by Crippen LogP contribution is -2.28. The summed E-state index contributed by atoms with van der Waals surface area (Å²) in [6, 6.07) is 2.17. The Bertz CT molecular complexity index is 585. The number of aromatic amines is 1. The lowest BCUT2D eigenvalue weighted by molar-refractivity contribution is 0.513. The highest BCUT2D eigenvalue weighted by Crippen LogP contribution is 2.18. The van der Waals surface area contributed by atoms with Gasteiger partial charge in [0.25, 0.3) is 0 Å². The molecule has 0 spiro atoms. The average molecular weight is 235 g/mol. The molecule has 2 N–H and O–H groups in total. The second kappa shape index (κ2) is 4.29. The zero-order valence-electron chi connectivity index (χ0n) is 10.5. The van der Waals surface area contributed by atoms with Gasteiger partial charge < -0.3 is 5.32 Å². The molecule has 6 heteroatoms. The van der Waals surface area contributed by atoms with Gasteiger partial charge in [-0.1, -0.05) is 6.92 Å². The summed E-state index contributed by atoms with van der Waals surface area (Å²) >= 11 is 0. The minimum Gasteiger partial charge on any atom is -0.317 e. The van der Waals surface area contributed by atoms with Crippen molar-refractivity contribution < 1.29 is 0 Å². The Balaban J connectivity index is 2.54. The first-order valence-corrected chi connectivity index (χ1v) is 5.66. The van der Waals surface area contributed by atoms with Crippen molar-refractivity contribution in [1.29, 1.82) is 0 Å². The first kappa shape index (κ1) is 11.8. The van der Waals surface area contributed by atoms with Gasteiger partial charge in [0, 0.05) is 18.0 Å². The third-order valence-electron chi connectivity index (χ3n) is 3.26. The molecule has 2 unspecified atom stereocenters. The third-order valence-corrected chi connectivity index (χ3v) is 3.26. The van der Waals surface area contributed by atoms with Crippen molar-refractivity contribution in [3.63, 3.8) is 0 Å². The fourth-order valence-electron chi connectivity index (χ4n) is 1.86. The number of rotatable bonds is 3. The Hall–Kier alpha value is -1.69. The van der Waals surface area contributed by atoms with Crippen LogP contribution in [0.5, 0.6) is 0 Å². The van der Waals surface area contributed by atoms with Crippen LogP contribution in [0.25, 0.3) is 5.65 Å². The van der Waals surface area contributed by atoms with Crippen LogP contribution in [0.4, 0.5) is 0 Å². The summed E-state index contributed by atoms with van der Waals surface area (Å²) in [5, 5.41) is 9.60. The summed E-state index contributed by atoms with van der Waals surface area (Å²) in [7, 11) is 1.92. The molecule has 0 aliphatic rings. The van der Waals surface area contributed by atoms with Crippen LogP contribution in [-0.2, 0) is 0 Å². The summed E-state index contributed by atoms with van der Waals surface area (Å²) in [6.07, 6.45) is 0. The van der Waals surface area contributed by atoms with E-state index in [1.54, 1.807) is 0 Å². The molecule has 0 aliphatic carbocycles. The Morgan fingerprint density at radius 2 is 2.18 bits per heavy atom. The highest BCUT2D eigenvalue weighted by Gasteiger charge is 2.16. The molecule has 92 valence electrons. The van der Waals surface area contributed by atoms with E-state index in [1.807, 2.05) is 20.0 Å². The van der Waals surface area contributed by atoms with Crippen molar-refractivity contribution in [2.75, 3.05) is 7.05 Å². The summed E-state index contributed by atoms with van der Waals surface area (Å²) in [5.41, 5.74) is 1.31. The van der Waals surface area contributed by atoms with Gasteiger partial charge in [0.05, 0.1) is 5.69 Å². The van der Waals surface area contributed by atoms with Crippen molar-refractivity contribution in [1.82, 2.24) is 24.9 Å². The molecule has 0 amide bonds. The first-order valence-electron chi connectivity index (χ1n) is 5.66. The molecule has 2 aromatic rings. The Labute approximate surface area is 99.1 Å². The molecule has 2 aromatic heterocycles. The van der Waals surface area contributed by atoms with Crippen LogP contribution in [0.1, 0.15) is 31.3 Å². The zero-order valence-corrected chi connectivity index (χ0v) is 10.5. The number of fused-ring (bicyclic) bond motifs is 1. The van der Waals surface area contributed by atoms with E-state index in [1.165, 1.54) is 4.40 Å². The van der Waals surface area contributed by atoms with Crippen LogP contribution >= 0.6 is 0 Å². The SMILES string of the molecule is CNC(C)C(C)c1cc2n[nH]c(=O)n2c(C)n1. The Kier molecular flexibility index (Phi) is 2.97. The molecule has 0 bridgehead atoms. The normalized spacial score (nSPS) is 15.1. The quantitative estimate of drug-likeness (QED) is 0.809. The lowest BCUT2D eigenvalue weighted by Gasteiger charge is -2.19. The number of hydrogen-bond donors (Lipinski definition) is 2. The van der Waals surface area contributed by atoms with E-state index in [0.29, 0.717) is 17.5 Å². The van der Waals surface area contributed by atoms with Crippen LogP contribution in [0.15, 0.2) is 10.9 Å². The molecule has 2 heterocycles. The monoisotopic (exact) mass is 235 g/mol. The smallest absolute Gasteiger partial charge is 0.317 e. The fraction of sp³-hybridized carbons (Fsp3) is 0.545. The number of hydrogen-bond acceptors (Lipinski definition) is 4. The van der Waals surface area contributed by atoms with E-state index < -0.39 is 0 Å². The van der Waals surface area contributed by atoms with Crippen molar-refractivity contribution in [3.8, 4) is 0 Å². The first-order chi connectivity index (χ1) is 8.04. The van der Waals surface area contributed by atoms with Crippen molar-refractivity contribution >= 4 is 5.65 Å². The van der Waals surface area contributed by atoms with Gasteiger partial charge in [0.2, 0.25) is 0 Å². The predicted molar refractivity (Wildman–Crippen MR) is 65.3 cm³/mol. The van der Waals surface area contributed by atoms with Gasteiger partial charge in [-0.05, 0) is 20.9 Å². The summed E-state index contributed by atoms with van der Waals surface area (Å²) in [5.74, 6) is 0.918. The molecule has 0 aromatic carbocycles. The fourth-order valence-corrected chi connectivity index (χ4v) is 1.86. The van der Waals surface area contributed by atoms with Crippen molar-refractivity contribution in [3.05, 3.63) is 28.1 Å². The van der Waals surface area contributed by atoms with E-state index in [-0.39, 0.29) is 11.6 Å². The molecule has 6 nitrogen and oxygen atoms in total. The van der Waals surface area contributed by atoms with E-state index in [4.69, 9.17) is 0 Å². The zero-order chi connectivity index (χ0) is 12.6. The Morgan fingerprint density at radius 1 is 1.47 bits per heavy atom. The molecule has 0 saturated carbocycles. The molecule has 0 fully saturated rings. The second-order valence-corrected chi connectivity index (χ2v) is 4.32. The molecule has 2 rings (SSSR count). The van der Waals surface area contributed by atoms with Crippen LogP contribution in [0, 0.1) is 6.92 Å². The number of aryl methyl sites for hydroxylation is 1. The maximum Gasteiger partial charge on any atom is 0.349 e. The van der Waals surface area contributed by atoms with E-state index in [0.717, 1.165) is 5.69 Å². The highest BCUT2D eigenvalue weighted by molar-refractivity contribution is 5.39. The summed E-state index contributed by atoms with van der Waals surface area (Å²) in [4.78, 5) is 15.9. The largest absolute Gasteiger partial charge is 0.349 e. The van der Waals surface area contributed by atoms with Crippen LogP contribution in [-0.4, -0.2) is 32.7 Å². The minimum absolute atomic E-state index is 0.245. The number of aromatic nitrogens is 4. The van der Waals surface area contributed by atoms with Gasteiger partial charge in [-0.3, -0.25) is 0 Å². The van der Waals surface area contributed by atoms with Gasteiger partial charge in [0.15, 0.2) is 5.65 Å². The molecule has 0 radical (unpaired) electrons.